The molecule has 0 atom stereocenters. The molecule has 4 heterocycles. The summed E-state index contributed by atoms with van der Waals surface area (Å²) < 4.78 is 3.06. The number of hydrogen-bond donors (Lipinski definition) is 0. The number of pyridine rings is 2. The van der Waals surface area contributed by atoms with Crippen LogP contribution in [-0.2, 0) is 0 Å². The Morgan fingerprint density at radius 1 is 0.963 bits per heavy atom. The fraction of sp³-hybridized carbons (Fsp3) is 0. The Bertz CT molecular complexity index is 1340. The first-order valence-electron chi connectivity index (χ1n) is 8.15. The summed E-state index contributed by atoms with van der Waals surface area (Å²) in [5, 5.41) is 5.30. The van der Waals surface area contributed by atoms with Gasteiger partial charge in [0.2, 0.25) is 0 Å². The number of nitrogens with zero attached hydrogens (tertiary/aromatic N) is 6. The summed E-state index contributed by atoms with van der Waals surface area (Å²) in [5.74, 6) is 0.951. The van der Waals surface area contributed by atoms with Gasteiger partial charge < -0.3 is 0 Å². The van der Waals surface area contributed by atoms with Crippen LogP contribution in [0.4, 0.5) is 0 Å². The second-order valence-corrected chi connectivity index (χ2v) is 6.31. The van der Waals surface area contributed by atoms with Crippen LogP contribution in [0.1, 0.15) is 0 Å². The fourth-order valence-corrected chi connectivity index (χ4v) is 3.20. The van der Waals surface area contributed by atoms with Gasteiger partial charge in [-0.25, -0.2) is 9.97 Å². The summed E-state index contributed by atoms with van der Waals surface area (Å²) in [5.41, 5.74) is 1.70. The summed E-state index contributed by atoms with van der Waals surface area (Å²) in [6.07, 6.45) is 4.72. The minimum atomic E-state index is -0.235. The van der Waals surface area contributed by atoms with E-state index in [1.165, 1.54) is 10.9 Å². The monoisotopic (exact) mass is 374 g/mol. The zero-order valence-electron chi connectivity index (χ0n) is 13.8. The average molecular weight is 375 g/mol. The quantitative estimate of drug-likeness (QED) is 0.474. The van der Waals surface area contributed by atoms with Crippen molar-refractivity contribution in [2.75, 3.05) is 0 Å². The molecule has 4 aromatic heterocycles. The van der Waals surface area contributed by atoms with E-state index in [2.05, 4.69) is 20.1 Å². The van der Waals surface area contributed by atoms with Crippen molar-refractivity contribution in [2.45, 2.75) is 0 Å². The largest absolute Gasteiger partial charge is 0.268 e. The van der Waals surface area contributed by atoms with Crippen molar-refractivity contribution in [1.82, 2.24) is 29.1 Å². The van der Waals surface area contributed by atoms with Crippen molar-refractivity contribution >= 4 is 28.3 Å². The number of benzene rings is 1. The molecule has 0 spiro atoms. The maximum Gasteiger partial charge on any atom is 0.267 e. The molecule has 0 radical (unpaired) electrons. The normalized spacial score (nSPS) is 11.3. The van der Waals surface area contributed by atoms with Gasteiger partial charge in [-0.05, 0) is 30.3 Å². The molecule has 0 aliphatic heterocycles. The highest BCUT2D eigenvalue weighted by atomic mass is 35.5. The molecule has 0 aliphatic rings. The number of fused-ring (bicyclic) bond motifs is 2. The van der Waals surface area contributed by atoms with Crippen molar-refractivity contribution in [3.8, 4) is 17.1 Å². The fourth-order valence-electron chi connectivity index (χ4n) is 3.08. The lowest BCUT2D eigenvalue weighted by atomic mass is 10.1. The van der Waals surface area contributed by atoms with E-state index in [1.54, 1.807) is 47.2 Å². The third-order valence-corrected chi connectivity index (χ3v) is 4.53. The van der Waals surface area contributed by atoms with E-state index in [1.807, 2.05) is 18.2 Å². The molecule has 0 N–H and O–H groups in total. The molecule has 27 heavy (non-hydrogen) atoms. The highest BCUT2D eigenvalue weighted by molar-refractivity contribution is 6.30. The maximum absolute atomic E-state index is 13.4. The molecular weight excluding hydrogens is 364 g/mol. The molecule has 7 nitrogen and oxygen atoms in total. The summed E-state index contributed by atoms with van der Waals surface area (Å²) in [4.78, 5) is 26.3. The Morgan fingerprint density at radius 2 is 1.81 bits per heavy atom. The van der Waals surface area contributed by atoms with Gasteiger partial charge in [-0.3, -0.25) is 9.36 Å². The van der Waals surface area contributed by atoms with Gasteiger partial charge in [0.25, 0.3) is 11.3 Å². The van der Waals surface area contributed by atoms with Gasteiger partial charge in [0, 0.05) is 23.0 Å². The lowest BCUT2D eigenvalue weighted by Gasteiger charge is -2.11. The molecule has 0 aliphatic carbocycles. The maximum atomic E-state index is 13.4. The van der Waals surface area contributed by atoms with Crippen LogP contribution in [0.2, 0.25) is 5.02 Å². The van der Waals surface area contributed by atoms with Gasteiger partial charge in [-0.15, -0.1) is 0 Å². The summed E-state index contributed by atoms with van der Waals surface area (Å²) in [7, 11) is 0. The Kier molecular flexibility index (Phi) is 3.48. The minimum Gasteiger partial charge on any atom is -0.268 e. The second-order valence-electron chi connectivity index (χ2n) is 5.88. The van der Waals surface area contributed by atoms with E-state index < -0.39 is 0 Å². The first-order chi connectivity index (χ1) is 13.2. The molecule has 0 unspecified atom stereocenters. The number of hydrogen-bond acceptors (Lipinski definition) is 5. The van der Waals surface area contributed by atoms with Crippen LogP contribution in [0.3, 0.4) is 0 Å². The van der Waals surface area contributed by atoms with Crippen LogP contribution in [-0.4, -0.2) is 29.1 Å². The van der Waals surface area contributed by atoms with Crippen molar-refractivity contribution in [3.63, 3.8) is 0 Å². The Morgan fingerprint density at radius 3 is 2.59 bits per heavy atom. The first kappa shape index (κ1) is 15.7. The van der Waals surface area contributed by atoms with Crippen LogP contribution in [0, 0.1) is 0 Å². The SMILES string of the molecule is O=c1c2c(-c3ccc(Cl)cc3)n3ncnc3nc2ccn1-c1ccccn1. The second kappa shape index (κ2) is 6.00. The third kappa shape index (κ3) is 2.48. The Labute approximate surface area is 157 Å². The van der Waals surface area contributed by atoms with Gasteiger partial charge in [0.15, 0.2) is 0 Å². The molecule has 1 aromatic carbocycles. The smallest absolute Gasteiger partial charge is 0.267 e. The van der Waals surface area contributed by atoms with Crippen molar-refractivity contribution < 1.29 is 0 Å². The predicted octanol–water partition coefficient (Wildman–Crippen LogP) is 3.14. The van der Waals surface area contributed by atoms with Crippen LogP contribution in [0.15, 0.2) is 72.0 Å². The minimum absolute atomic E-state index is 0.235. The van der Waals surface area contributed by atoms with Gasteiger partial charge in [-0.1, -0.05) is 29.8 Å². The zero-order valence-corrected chi connectivity index (χ0v) is 14.6. The molecular formula is C19H11ClN6O. The summed E-state index contributed by atoms with van der Waals surface area (Å²) in [6.45, 7) is 0. The molecule has 8 heteroatoms. The topological polar surface area (TPSA) is 78.0 Å². The van der Waals surface area contributed by atoms with Crippen LogP contribution in [0.25, 0.3) is 33.8 Å². The van der Waals surface area contributed by atoms with Gasteiger partial charge in [0.05, 0.1) is 16.6 Å². The van der Waals surface area contributed by atoms with Gasteiger partial charge >= 0.3 is 0 Å². The first-order valence-corrected chi connectivity index (χ1v) is 8.52. The van der Waals surface area contributed by atoms with Crippen molar-refractivity contribution in [1.29, 1.82) is 0 Å². The standard InChI is InChI=1S/C19H11ClN6O/c20-13-6-4-12(5-7-13)17-16-14(24-19-22-11-23-26(17)19)8-10-25(18(16)27)15-3-1-2-9-21-15/h1-11H. The number of aromatic nitrogens is 6. The van der Waals surface area contributed by atoms with Crippen molar-refractivity contribution in [3.05, 3.63) is 82.6 Å². The van der Waals surface area contributed by atoms with E-state index in [0.29, 0.717) is 33.2 Å². The molecule has 130 valence electrons. The predicted molar refractivity (Wildman–Crippen MR) is 102 cm³/mol. The van der Waals surface area contributed by atoms with Gasteiger partial charge in [-0.2, -0.15) is 14.6 Å². The lowest BCUT2D eigenvalue weighted by Crippen LogP contribution is -2.20. The summed E-state index contributed by atoms with van der Waals surface area (Å²) in [6, 6.07) is 14.4. The summed E-state index contributed by atoms with van der Waals surface area (Å²) >= 11 is 6.03. The molecule has 0 fully saturated rings. The van der Waals surface area contributed by atoms with Gasteiger partial charge in [0.1, 0.15) is 12.1 Å². The molecule has 0 saturated heterocycles. The highest BCUT2D eigenvalue weighted by Gasteiger charge is 2.17. The van der Waals surface area contributed by atoms with Crippen LogP contribution < -0.4 is 5.56 Å². The van der Waals surface area contributed by atoms with E-state index >= 15 is 0 Å². The van der Waals surface area contributed by atoms with E-state index in [4.69, 9.17) is 11.6 Å². The number of halogens is 1. The number of rotatable bonds is 2. The zero-order chi connectivity index (χ0) is 18.4. The molecule has 0 bridgehead atoms. The third-order valence-electron chi connectivity index (χ3n) is 4.28. The van der Waals surface area contributed by atoms with Crippen LogP contribution in [0.5, 0.6) is 0 Å². The Hall–Kier alpha value is -3.58. The van der Waals surface area contributed by atoms with Crippen molar-refractivity contribution in [2.24, 2.45) is 0 Å². The molecule has 5 aromatic rings. The van der Waals surface area contributed by atoms with E-state index in [9.17, 15) is 4.79 Å². The average Bonchev–Trinajstić information content (AvgIpc) is 3.16. The lowest BCUT2D eigenvalue weighted by molar-refractivity contribution is 0.933. The Balaban J connectivity index is 1.93. The van der Waals surface area contributed by atoms with E-state index in [-0.39, 0.29) is 5.56 Å². The molecule has 0 saturated carbocycles. The van der Waals surface area contributed by atoms with Crippen LogP contribution >= 0.6 is 11.6 Å². The highest BCUT2D eigenvalue weighted by Crippen LogP contribution is 2.27. The molecule has 0 amide bonds. The molecule has 5 rings (SSSR count). The van der Waals surface area contributed by atoms with E-state index in [0.717, 1.165) is 5.56 Å².